The molecule has 2 amide bonds. The van der Waals surface area contributed by atoms with Crippen LogP contribution in [0.3, 0.4) is 0 Å². The van der Waals surface area contributed by atoms with Gasteiger partial charge in [-0.25, -0.2) is 4.79 Å². The van der Waals surface area contributed by atoms with Crippen molar-refractivity contribution in [3.8, 4) is 5.75 Å². The Morgan fingerprint density at radius 1 is 1.10 bits per heavy atom. The van der Waals surface area contributed by atoms with Crippen LogP contribution in [0.15, 0.2) is 59.8 Å². The first-order valence-corrected chi connectivity index (χ1v) is 9.51. The molecule has 0 unspecified atom stereocenters. The van der Waals surface area contributed by atoms with E-state index in [1.165, 1.54) is 12.0 Å². The van der Waals surface area contributed by atoms with E-state index in [4.69, 9.17) is 14.6 Å². The van der Waals surface area contributed by atoms with Crippen LogP contribution in [0.1, 0.15) is 10.4 Å². The average Bonchev–Trinajstić information content (AvgIpc) is 3.09. The molecule has 0 saturated carbocycles. The second-order valence-electron chi connectivity index (χ2n) is 6.68. The highest BCUT2D eigenvalue weighted by atomic mass is 16.5. The van der Waals surface area contributed by atoms with E-state index in [2.05, 4.69) is 10.6 Å². The minimum atomic E-state index is -0.620. The molecule has 162 valence electrons. The van der Waals surface area contributed by atoms with Crippen LogP contribution in [-0.4, -0.2) is 61.7 Å². The molecule has 1 aliphatic rings. The molecule has 9 nitrogen and oxygen atoms in total. The summed E-state index contributed by atoms with van der Waals surface area (Å²) in [6.07, 6.45) is 0. The molecular formula is C22H23N3O6. The van der Waals surface area contributed by atoms with Gasteiger partial charge in [-0.2, -0.15) is 0 Å². The number of nitrogens with one attached hydrogen (secondary N) is 2. The summed E-state index contributed by atoms with van der Waals surface area (Å²) in [6.45, 7) is -0.0616. The first-order valence-electron chi connectivity index (χ1n) is 9.51. The number of hydrogen-bond acceptors (Lipinski definition) is 7. The second-order valence-corrected chi connectivity index (χ2v) is 6.68. The van der Waals surface area contributed by atoms with Gasteiger partial charge in [-0.15, -0.1) is 0 Å². The zero-order chi connectivity index (χ0) is 22.4. The van der Waals surface area contributed by atoms with E-state index in [9.17, 15) is 14.4 Å². The van der Waals surface area contributed by atoms with Crippen molar-refractivity contribution in [2.24, 2.45) is 0 Å². The molecule has 2 aromatic rings. The normalized spacial score (nSPS) is 13.3. The molecule has 0 aliphatic carbocycles. The lowest BCUT2D eigenvalue weighted by molar-refractivity contribution is -0.136. The molecule has 3 rings (SSSR count). The highest BCUT2D eigenvalue weighted by Gasteiger charge is 2.34. The van der Waals surface area contributed by atoms with E-state index >= 15 is 0 Å². The first kappa shape index (κ1) is 21.8. The van der Waals surface area contributed by atoms with Gasteiger partial charge in [0.15, 0.2) is 0 Å². The summed E-state index contributed by atoms with van der Waals surface area (Å²) in [5.74, 6) is -0.705. The highest BCUT2D eigenvalue weighted by molar-refractivity contribution is 6.09. The number of esters is 1. The van der Waals surface area contributed by atoms with Crippen molar-refractivity contribution in [3.63, 3.8) is 0 Å². The number of anilines is 2. The summed E-state index contributed by atoms with van der Waals surface area (Å²) < 4.78 is 9.91. The molecule has 3 N–H and O–H groups in total. The lowest BCUT2D eigenvalue weighted by atomic mass is 10.1. The standard InChI is InChI=1S/C22H23N3O6/c1-30-17-5-3-4-16(12-17)24-20(27)14-6-8-15(9-7-14)23-19-18(22(29)31-2)13-25(10-11-26)21(19)28/h3-9,12,23,26H,10-11,13H2,1-2H3,(H,24,27). The van der Waals surface area contributed by atoms with Crippen molar-refractivity contribution < 1.29 is 29.0 Å². The van der Waals surface area contributed by atoms with Crippen LogP contribution >= 0.6 is 0 Å². The van der Waals surface area contributed by atoms with Crippen LogP contribution < -0.4 is 15.4 Å². The Morgan fingerprint density at radius 3 is 2.48 bits per heavy atom. The number of hydrogen-bond donors (Lipinski definition) is 3. The number of β-amino-alcohol motifs (C(OH)–C–C–N with tert-alkyl or cyclic N) is 1. The van der Waals surface area contributed by atoms with E-state index in [1.807, 2.05) is 0 Å². The Kier molecular flexibility index (Phi) is 6.88. The zero-order valence-corrected chi connectivity index (χ0v) is 17.2. The average molecular weight is 425 g/mol. The zero-order valence-electron chi connectivity index (χ0n) is 17.2. The largest absolute Gasteiger partial charge is 0.497 e. The molecule has 0 radical (unpaired) electrons. The number of ether oxygens (including phenoxy) is 2. The molecule has 9 heteroatoms. The monoisotopic (exact) mass is 425 g/mol. The summed E-state index contributed by atoms with van der Waals surface area (Å²) in [5.41, 5.74) is 1.80. The second kappa shape index (κ2) is 9.77. The third kappa shape index (κ3) is 5.01. The van der Waals surface area contributed by atoms with Gasteiger partial charge >= 0.3 is 5.97 Å². The van der Waals surface area contributed by atoms with E-state index in [0.717, 1.165) is 0 Å². The number of rotatable bonds is 8. The molecule has 1 aliphatic heterocycles. The van der Waals surface area contributed by atoms with Gasteiger partial charge in [-0.1, -0.05) is 6.07 Å². The van der Waals surface area contributed by atoms with Crippen molar-refractivity contribution in [2.75, 3.05) is 44.5 Å². The van der Waals surface area contributed by atoms with Gasteiger partial charge in [0, 0.05) is 29.5 Å². The molecule has 0 atom stereocenters. The van der Waals surface area contributed by atoms with Crippen molar-refractivity contribution in [1.82, 2.24) is 4.90 Å². The number of carbonyl (C=O) groups is 3. The van der Waals surface area contributed by atoms with E-state index in [0.29, 0.717) is 22.7 Å². The Labute approximate surface area is 179 Å². The Hall–Kier alpha value is -3.85. The van der Waals surface area contributed by atoms with Crippen molar-refractivity contribution in [1.29, 1.82) is 0 Å². The summed E-state index contributed by atoms with van der Waals surface area (Å²) in [5, 5.41) is 14.8. The molecule has 0 aromatic heterocycles. The fourth-order valence-corrected chi connectivity index (χ4v) is 3.10. The van der Waals surface area contributed by atoms with Crippen molar-refractivity contribution in [3.05, 3.63) is 65.4 Å². The molecular weight excluding hydrogens is 402 g/mol. The van der Waals surface area contributed by atoms with Crippen molar-refractivity contribution >= 4 is 29.2 Å². The third-order valence-corrected chi connectivity index (χ3v) is 4.70. The molecule has 0 saturated heterocycles. The fourth-order valence-electron chi connectivity index (χ4n) is 3.10. The van der Waals surface area contributed by atoms with Gasteiger partial charge in [-0.05, 0) is 36.4 Å². The number of aliphatic hydroxyl groups excluding tert-OH is 1. The van der Waals surface area contributed by atoms with Crippen molar-refractivity contribution in [2.45, 2.75) is 0 Å². The highest BCUT2D eigenvalue weighted by Crippen LogP contribution is 2.23. The van der Waals surface area contributed by atoms with E-state index < -0.39 is 11.9 Å². The minimum absolute atomic E-state index is 0.0510. The van der Waals surface area contributed by atoms with Crippen LogP contribution in [0.5, 0.6) is 5.75 Å². The summed E-state index contributed by atoms with van der Waals surface area (Å²) in [7, 11) is 2.79. The summed E-state index contributed by atoms with van der Waals surface area (Å²) in [4.78, 5) is 38.5. The summed E-state index contributed by atoms with van der Waals surface area (Å²) >= 11 is 0. The maximum Gasteiger partial charge on any atom is 0.337 e. The van der Waals surface area contributed by atoms with Crippen LogP contribution in [0.25, 0.3) is 0 Å². The quantitative estimate of drug-likeness (QED) is 0.550. The summed E-state index contributed by atoms with van der Waals surface area (Å²) in [6, 6.07) is 13.5. The minimum Gasteiger partial charge on any atom is -0.497 e. The predicted octanol–water partition coefficient (Wildman–Crippen LogP) is 1.62. The van der Waals surface area contributed by atoms with E-state index in [-0.39, 0.29) is 36.9 Å². The van der Waals surface area contributed by atoms with Gasteiger partial charge in [0.2, 0.25) is 0 Å². The molecule has 1 heterocycles. The van der Waals surface area contributed by atoms with Crippen LogP contribution in [-0.2, 0) is 14.3 Å². The van der Waals surface area contributed by atoms with Gasteiger partial charge in [0.25, 0.3) is 11.8 Å². The number of benzene rings is 2. The molecule has 0 bridgehead atoms. The SMILES string of the molecule is COC(=O)C1=C(Nc2ccc(C(=O)Nc3cccc(OC)c3)cc2)C(=O)N(CCO)C1. The Bertz CT molecular complexity index is 1020. The predicted molar refractivity (Wildman–Crippen MR) is 114 cm³/mol. The molecule has 0 fully saturated rings. The number of methoxy groups -OCH3 is 2. The molecule has 0 spiro atoms. The Morgan fingerprint density at radius 2 is 1.84 bits per heavy atom. The topological polar surface area (TPSA) is 117 Å². The number of aliphatic hydroxyl groups is 1. The van der Waals surface area contributed by atoms with E-state index in [1.54, 1.807) is 55.6 Å². The lowest BCUT2D eigenvalue weighted by Gasteiger charge is -2.15. The van der Waals surface area contributed by atoms with Crippen LogP contribution in [0, 0.1) is 0 Å². The van der Waals surface area contributed by atoms with Gasteiger partial charge in [0.05, 0.1) is 32.9 Å². The Balaban J connectivity index is 1.73. The van der Waals surface area contributed by atoms with Gasteiger partial charge in [-0.3, -0.25) is 9.59 Å². The number of amides is 2. The number of carbonyl (C=O) groups excluding carboxylic acids is 3. The smallest absolute Gasteiger partial charge is 0.337 e. The lowest BCUT2D eigenvalue weighted by Crippen LogP contribution is -2.31. The van der Waals surface area contributed by atoms with Gasteiger partial charge in [0.1, 0.15) is 11.4 Å². The molecule has 31 heavy (non-hydrogen) atoms. The van der Waals surface area contributed by atoms with Gasteiger partial charge < -0.3 is 30.1 Å². The maximum absolute atomic E-state index is 12.6. The van der Waals surface area contributed by atoms with Crippen LogP contribution in [0.4, 0.5) is 11.4 Å². The van der Waals surface area contributed by atoms with Crippen LogP contribution in [0.2, 0.25) is 0 Å². The maximum atomic E-state index is 12.6. The number of nitrogens with zero attached hydrogens (tertiary/aromatic N) is 1. The fraction of sp³-hybridized carbons (Fsp3) is 0.227. The first-order chi connectivity index (χ1) is 15.0. The third-order valence-electron chi connectivity index (χ3n) is 4.70. The molecule has 2 aromatic carbocycles.